The third-order valence-corrected chi connectivity index (χ3v) is 9.38. The Morgan fingerprint density at radius 1 is 0.447 bits per heavy atom. The first kappa shape index (κ1) is 35.9. The second-order valence-corrected chi connectivity index (χ2v) is 12.6. The molecule has 0 aliphatic heterocycles. The number of ether oxygens (including phenoxy) is 4. The Kier molecular flexibility index (Phi) is 21.3. The van der Waals surface area contributed by atoms with Crippen molar-refractivity contribution in [2.24, 2.45) is 47.3 Å². The molecule has 0 radical (unpaired) electrons. The van der Waals surface area contributed by atoms with Gasteiger partial charge in [-0.05, 0) is 75.0 Å². The van der Waals surface area contributed by atoms with Crippen LogP contribution in [0.2, 0.25) is 0 Å². The van der Waals surface area contributed by atoms with Gasteiger partial charge in [0.2, 0.25) is 0 Å². The van der Waals surface area contributed by atoms with Crippen LogP contribution in [0.25, 0.3) is 0 Å². The maximum Gasteiger partial charge on any atom is 0.0500 e. The van der Waals surface area contributed by atoms with Crippen molar-refractivity contribution in [3.05, 3.63) is 0 Å². The second-order valence-electron chi connectivity index (χ2n) is 12.6. The van der Waals surface area contributed by atoms with Gasteiger partial charge in [0.1, 0.15) is 0 Å². The molecule has 2 aliphatic carbocycles. The molecule has 2 fully saturated rings. The minimum atomic E-state index is 0.603. The molecule has 0 aromatic carbocycles. The summed E-state index contributed by atoms with van der Waals surface area (Å²) in [6.45, 7) is 24.5. The highest BCUT2D eigenvalue weighted by Gasteiger charge is 2.36. The Morgan fingerprint density at radius 3 is 1.00 bits per heavy atom. The van der Waals surface area contributed by atoms with Crippen LogP contribution in [-0.4, -0.2) is 52.9 Å². The SMILES string of the molecule is CCOCC(C(C)C)C(COCC)C(C)C.CCOCC(C1CCCCC1)C(COCC)C1CCCCC1. The molecule has 0 amide bonds. The van der Waals surface area contributed by atoms with Crippen molar-refractivity contribution in [2.75, 3.05) is 52.9 Å². The maximum absolute atomic E-state index is 5.95. The third kappa shape index (κ3) is 14.0. The quantitative estimate of drug-likeness (QED) is 0.174. The van der Waals surface area contributed by atoms with Crippen LogP contribution in [0.1, 0.15) is 120 Å². The molecule has 0 heterocycles. The van der Waals surface area contributed by atoms with E-state index in [1.807, 2.05) is 0 Å². The van der Waals surface area contributed by atoms with Gasteiger partial charge in [-0.15, -0.1) is 0 Å². The van der Waals surface area contributed by atoms with Gasteiger partial charge in [-0.3, -0.25) is 0 Å². The molecular formula is C34H68O4. The van der Waals surface area contributed by atoms with E-state index in [4.69, 9.17) is 18.9 Å². The van der Waals surface area contributed by atoms with Crippen molar-refractivity contribution < 1.29 is 18.9 Å². The van der Waals surface area contributed by atoms with Gasteiger partial charge in [0.15, 0.2) is 0 Å². The van der Waals surface area contributed by atoms with Crippen molar-refractivity contribution >= 4 is 0 Å². The van der Waals surface area contributed by atoms with Crippen molar-refractivity contribution in [1.29, 1.82) is 0 Å². The van der Waals surface area contributed by atoms with E-state index >= 15 is 0 Å². The molecule has 2 rings (SSSR count). The summed E-state index contributed by atoms with van der Waals surface area (Å²) in [6, 6.07) is 0. The lowest BCUT2D eigenvalue weighted by molar-refractivity contribution is -0.0218. The highest BCUT2D eigenvalue weighted by Crippen LogP contribution is 2.41. The Morgan fingerprint density at radius 2 is 0.737 bits per heavy atom. The largest absolute Gasteiger partial charge is 0.381 e. The Balaban J connectivity index is 0.000000403. The summed E-state index contributed by atoms with van der Waals surface area (Å²) < 4.78 is 23.1. The predicted molar refractivity (Wildman–Crippen MR) is 163 cm³/mol. The van der Waals surface area contributed by atoms with Gasteiger partial charge in [-0.25, -0.2) is 0 Å². The molecule has 4 heteroatoms. The first-order valence-corrected chi connectivity index (χ1v) is 16.7. The van der Waals surface area contributed by atoms with E-state index in [1.54, 1.807) is 0 Å². The maximum atomic E-state index is 5.95. The minimum Gasteiger partial charge on any atom is -0.381 e. The topological polar surface area (TPSA) is 36.9 Å². The highest BCUT2D eigenvalue weighted by molar-refractivity contribution is 4.85. The van der Waals surface area contributed by atoms with Crippen molar-refractivity contribution in [1.82, 2.24) is 0 Å². The Hall–Kier alpha value is -0.160. The van der Waals surface area contributed by atoms with Crippen molar-refractivity contribution in [3.8, 4) is 0 Å². The van der Waals surface area contributed by atoms with Crippen LogP contribution in [-0.2, 0) is 18.9 Å². The van der Waals surface area contributed by atoms with Crippen LogP contribution in [0.4, 0.5) is 0 Å². The average molecular weight is 541 g/mol. The monoisotopic (exact) mass is 541 g/mol. The molecule has 2 aliphatic rings. The normalized spacial score (nSPS) is 20.7. The van der Waals surface area contributed by atoms with E-state index in [0.29, 0.717) is 23.7 Å². The van der Waals surface area contributed by atoms with Crippen LogP contribution in [0.15, 0.2) is 0 Å². The molecule has 4 atom stereocenters. The first-order chi connectivity index (χ1) is 18.4. The van der Waals surface area contributed by atoms with Gasteiger partial charge in [0, 0.05) is 52.9 Å². The molecule has 0 saturated heterocycles. The van der Waals surface area contributed by atoms with E-state index in [2.05, 4.69) is 55.4 Å². The van der Waals surface area contributed by atoms with Crippen LogP contribution >= 0.6 is 0 Å². The number of rotatable bonds is 18. The van der Waals surface area contributed by atoms with Gasteiger partial charge in [-0.2, -0.15) is 0 Å². The van der Waals surface area contributed by atoms with Gasteiger partial charge in [-0.1, -0.05) is 91.9 Å². The van der Waals surface area contributed by atoms with Gasteiger partial charge < -0.3 is 18.9 Å². The van der Waals surface area contributed by atoms with E-state index in [1.165, 1.54) is 64.2 Å². The molecule has 228 valence electrons. The molecule has 4 nitrogen and oxygen atoms in total. The lowest BCUT2D eigenvalue weighted by Gasteiger charge is -2.40. The highest BCUT2D eigenvalue weighted by atomic mass is 16.5. The molecular weight excluding hydrogens is 472 g/mol. The zero-order valence-electron chi connectivity index (χ0n) is 27.0. The smallest absolute Gasteiger partial charge is 0.0500 e. The number of hydrogen-bond donors (Lipinski definition) is 0. The summed E-state index contributed by atoms with van der Waals surface area (Å²) in [5.41, 5.74) is 0. The standard InChI is InChI=1S/C20H38O2.C14H30O2/c1-3-21-15-19(17-11-7-5-8-12-17)20(16-22-4-2)18-13-9-6-10-14-18;1-7-15-9-13(11(3)4)14(12(5)6)10-16-8-2/h17-20H,3-16H2,1-2H3;11-14H,7-10H2,1-6H3. The summed E-state index contributed by atoms with van der Waals surface area (Å²) in [4.78, 5) is 0. The average Bonchev–Trinajstić information content (AvgIpc) is 2.93. The molecule has 0 aromatic rings. The summed E-state index contributed by atoms with van der Waals surface area (Å²) >= 11 is 0. The minimum absolute atomic E-state index is 0.603. The van der Waals surface area contributed by atoms with E-state index in [0.717, 1.165) is 76.5 Å². The molecule has 0 N–H and O–H groups in total. The summed E-state index contributed by atoms with van der Waals surface area (Å²) in [5, 5.41) is 0. The number of hydrogen-bond acceptors (Lipinski definition) is 4. The fraction of sp³-hybridized carbons (Fsp3) is 1.00. The fourth-order valence-electron chi connectivity index (χ4n) is 6.98. The first-order valence-electron chi connectivity index (χ1n) is 16.7. The van der Waals surface area contributed by atoms with Crippen LogP contribution in [0.5, 0.6) is 0 Å². The Bertz CT molecular complexity index is 465. The van der Waals surface area contributed by atoms with Crippen molar-refractivity contribution in [3.63, 3.8) is 0 Å². The van der Waals surface area contributed by atoms with E-state index in [9.17, 15) is 0 Å². The second kappa shape index (κ2) is 22.5. The molecule has 2 saturated carbocycles. The molecule has 4 unspecified atom stereocenters. The zero-order chi connectivity index (χ0) is 28.2. The van der Waals surface area contributed by atoms with Crippen LogP contribution < -0.4 is 0 Å². The van der Waals surface area contributed by atoms with Gasteiger partial charge >= 0.3 is 0 Å². The molecule has 38 heavy (non-hydrogen) atoms. The molecule has 0 spiro atoms. The van der Waals surface area contributed by atoms with Gasteiger partial charge in [0.25, 0.3) is 0 Å². The summed E-state index contributed by atoms with van der Waals surface area (Å²) in [7, 11) is 0. The third-order valence-electron chi connectivity index (χ3n) is 9.38. The lowest BCUT2D eigenvalue weighted by Crippen LogP contribution is -2.37. The van der Waals surface area contributed by atoms with Crippen LogP contribution in [0.3, 0.4) is 0 Å². The van der Waals surface area contributed by atoms with Crippen LogP contribution in [0, 0.1) is 47.3 Å². The summed E-state index contributed by atoms with van der Waals surface area (Å²) in [5.74, 6) is 5.74. The van der Waals surface area contributed by atoms with E-state index < -0.39 is 0 Å². The summed E-state index contributed by atoms with van der Waals surface area (Å²) in [6.07, 6.45) is 14.3. The van der Waals surface area contributed by atoms with Crippen molar-refractivity contribution in [2.45, 2.75) is 120 Å². The lowest BCUT2D eigenvalue weighted by atomic mass is 9.67. The fourth-order valence-corrected chi connectivity index (χ4v) is 6.98. The molecule has 0 aromatic heterocycles. The zero-order valence-corrected chi connectivity index (χ0v) is 27.0. The van der Waals surface area contributed by atoms with E-state index in [-0.39, 0.29) is 0 Å². The Labute approximate surface area is 238 Å². The van der Waals surface area contributed by atoms with Gasteiger partial charge in [0.05, 0.1) is 0 Å². The predicted octanol–water partition coefficient (Wildman–Crippen LogP) is 9.06. The molecule has 0 bridgehead atoms.